The molecule has 21 heavy (non-hydrogen) atoms. The van der Waals surface area contributed by atoms with Crippen molar-refractivity contribution < 1.29 is 13.2 Å². The van der Waals surface area contributed by atoms with Gasteiger partial charge in [0, 0.05) is 31.7 Å². The van der Waals surface area contributed by atoms with Crippen molar-refractivity contribution in [2.24, 2.45) is 0 Å². The minimum Gasteiger partial charge on any atom is -0.337 e. The SMILES string of the molecule is CCc1ccc(C(=O)N2CCCN(S(C)(=O)=O)CC2)cc1. The van der Waals surface area contributed by atoms with Gasteiger partial charge in [0.2, 0.25) is 10.0 Å². The Labute approximate surface area is 126 Å². The van der Waals surface area contributed by atoms with Crippen LogP contribution in [-0.4, -0.2) is 56.0 Å². The van der Waals surface area contributed by atoms with Gasteiger partial charge in [-0.05, 0) is 30.5 Å². The lowest BCUT2D eigenvalue weighted by atomic mass is 10.1. The first-order valence-corrected chi connectivity index (χ1v) is 9.10. The van der Waals surface area contributed by atoms with Crippen LogP contribution in [0.5, 0.6) is 0 Å². The molecule has 1 aromatic rings. The highest BCUT2D eigenvalue weighted by molar-refractivity contribution is 7.88. The van der Waals surface area contributed by atoms with Crippen LogP contribution in [0, 0.1) is 0 Å². The second-order valence-corrected chi connectivity index (χ2v) is 7.34. The van der Waals surface area contributed by atoms with E-state index in [4.69, 9.17) is 0 Å². The molecule has 6 heteroatoms. The van der Waals surface area contributed by atoms with E-state index in [2.05, 4.69) is 6.92 Å². The summed E-state index contributed by atoms with van der Waals surface area (Å²) in [5.41, 5.74) is 1.87. The molecule has 1 aliphatic rings. The largest absolute Gasteiger partial charge is 0.337 e. The van der Waals surface area contributed by atoms with Gasteiger partial charge in [0.15, 0.2) is 0 Å². The molecule has 0 unspecified atom stereocenters. The quantitative estimate of drug-likeness (QED) is 0.847. The minimum absolute atomic E-state index is 0.0204. The van der Waals surface area contributed by atoms with Crippen molar-refractivity contribution in [3.05, 3.63) is 35.4 Å². The highest BCUT2D eigenvalue weighted by Crippen LogP contribution is 2.12. The molecule has 2 rings (SSSR count). The van der Waals surface area contributed by atoms with E-state index in [0.29, 0.717) is 38.2 Å². The molecule has 1 heterocycles. The van der Waals surface area contributed by atoms with Crippen LogP contribution >= 0.6 is 0 Å². The van der Waals surface area contributed by atoms with E-state index in [0.717, 1.165) is 6.42 Å². The van der Waals surface area contributed by atoms with Crippen LogP contribution < -0.4 is 0 Å². The van der Waals surface area contributed by atoms with Crippen LogP contribution in [0.25, 0.3) is 0 Å². The van der Waals surface area contributed by atoms with Gasteiger partial charge in [-0.3, -0.25) is 4.79 Å². The zero-order valence-electron chi connectivity index (χ0n) is 12.6. The molecular weight excluding hydrogens is 288 g/mol. The minimum atomic E-state index is -3.18. The maximum Gasteiger partial charge on any atom is 0.253 e. The molecule has 116 valence electrons. The molecule has 0 bridgehead atoms. The Bertz CT molecular complexity index is 596. The Kier molecular flexibility index (Phi) is 5.00. The lowest BCUT2D eigenvalue weighted by Gasteiger charge is -2.21. The normalized spacial score (nSPS) is 17.5. The van der Waals surface area contributed by atoms with Crippen molar-refractivity contribution in [1.29, 1.82) is 0 Å². The van der Waals surface area contributed by atoms with E-state index in [1.165, 1.54) is 16.1 Å². The average molecular weight is 310 g/mol. The van der Waals surface area contributed by atoms with Crippen LogP contribution in [0.3, 0.4) is 0 Å². The molecule has 0 N–H and O–H groups in total. The third kappa shape index (κ3) is 4.04. The van der Waals surface area contributed by atoms with E-state index in [1.807, 2.05) is 24.3 Å². The van der Waals surface area contributed by atoms with Gasteiger partial charge in [0.05, 0.1) is 6.26 Å². The Hall–Kier alpha value is -1.40. The van der Waals surface area contributed by atoms with Crippen molar-refractivity contribution >= 4 is 15.9 Å². The second-order valence-electron chi connectivity index (χ2n) is 5.36. The van der Waals surface area contributed by atoms with E-state index >= 15 is 0 Å². The predicted octanol–water partition coefficient (Wildman–Crippen LogP) is 1.36. The third-order valence-corrected chi connectivity index (χ3v) is 5.12. The average Bonchev–Trinajstić information content (AvgIpc) is 2.72. The van der Waals surface area contributed by atoms with Gasteiger partial charge < -0.3 is 4.90 Å². The van der Waals surface area contributed by atoms with Gasteiger partial charge in [0.25, 0.3) is 5.91 Å². The summed E-state index contributed by atoms with van der Waals surface area (Å²) in [6, 6.07) is 7.63. The molecule has 0 saturated carbocycles. The van der Waals surface area contributed by atoms with Gasteiger partial charge in [-0.15, -0.1) is 0 Å². The molecule has 1 amide bonds. The zero-order valence-corrected chi connectivity index (χ0v) is 13.4. The number of sulfonamides is 1. The van der Waals surface area contributed by atoms with E-state index < -0.39 is 10.0 Å². The maximum atomic E-state index is 12.5. The molecule has 1 aliphatic heterocycles. The van der Waals surface area contributed by atoms with Gasteiger partial charge in [-0.25, -0.2) is 12.7 Å². The number of carbonyl (C=O) groups excluding carboxylic acids is 1. The molecule has 1 aromatic carbocycles. The fourth-order valence-corrected chi connectivity index (χ4v) is 3.37. The summed E-state index contributed by atoms with van der Waals surface area (Å²) < 4.78 is 24.6. The fourth-order valence-electron chi connectivity index (χ4n) is 2.49. The Morgan fingerprint density at radius 2 is 1.76 bits per heavy atom. The van der Waals surface area contributed by atoms with Crippen LogP contribution in [0.2, 0.25) is 0 Å². The highest BCUT2D eigenvalue weighted by atomic mass is 32.2. The molecule has 1 saturated heterocycles. The second kappa shape index (κ2) is 6.58. The number of aryl methyl sites for hydroxylation is 1. The van der Waals surface area contributed by atoms with Crippen molar-refractivity contribution in [3.8, 4) is 0 Å². The number of benzene rings is 1. The summed E-state index contributed by atoms with van der Waals surface area (Å²) in [6.45, 7) is 3.97. The molecule has 1 fully saturated rings. The Morgan fingerprint density at radius 1 is 1.10 bits per heavy atom. The number of amides is 1. The van der Waals surface area contributed by atoms with Crippen molar-refractivity contribution in [1.82, 2.24) is 9.21 Å². The molecular formula is C15H22N2O3S. The van der Waals surface area contributed by atoms with E-state index in [1.54, 1.807) is 4.90 Å². The summed E-state index contributed by atoms with van der Waals surface area (Å²) in [6.07, 6.45) is 2.83. The monoisotopic (exact) mass is 310 g/mol. The van der Waals surface area contributed by atoms with Gasteiger partial charge in [-0.2, -0.15) is 0 Å². The summed E-state index contributed by atoms with van der Waals surface area (Å²) in [4.78, 5) is 14.2. The molecule has 5 nitrogen and oxygen atoms in total. The Morgan fingerprint density at radius 3 is 2.33 bits per heavy atom. The Balaban J connectivity index is 2.06. The summed E-state index contributed by atoms with van der Waals surface area (Å²) in [5.74, 6) is -0.0204. The lowest BCUT2D eigenvalue weighted by Crippen LogP contribution is -2.36. The van der Waals surface area contributed by atoms with Gasteiger partial charge in [-0.1, -0.05) is 19.1 Å². The van der Waals surface area contributed by atoms with Crippen LogP contribution in [0.4, 0.5) is 0 Å². The first-order valence-electron chi connectivity index (χ1n) is 7.25. The molecule has 0 spiro atoms. The summed E-state index contributed by atoms with van der Waals surface area (Å²) in [5, 5.41) is 0. The number of hydrogen-bond donors (Lipinski definition) is 0. The number of rotatable bonds is 3. The lowest BCUT2D eigenvalue weighted by molar-refractivity contribution is 0.0764. The van der Waals surface area contributed by atoms with Gasteiger partial charge in [0.1, 0.15) is 0 Å². The number of carbonyl (C=O) groups is 1. The van der Waals surface area contributed by atoms with Gasteiger partial charge >= 0.3 is 0 Å². The highest BCUT2D eigenvalue weighted by Gasteiger charge is 2.24. The molecule has 0 atom stereocenters. The van der Waals surface area contributed by atoms with Crippen LogP contribution in [0.15, 0.2) is 24.3 Å². The van der Waals surface area contributed by atoms with Crippen molar-refractivity contribution in [2.45, 2.75) is 19.8 Å². The first kappa shape index (κ1) is 16.0. The molecule has 0 aromatic heterocycles. The molecule has 0 aliphatic carbocycles. The maximum absolute atomic E-state index is 12.5. The fraction of sp³-hybridized carbons (Fsp3) is 0.533. The number of hydrogen-bond acceptors (Lipinski definition) is 3. The molecule has 0 radical (unpaired) electrons. The summed E-state index contributed by atoms with van der Waals surface area (Å²) >= 11 is 0. The number of nitrogens with zero attached hydrogens (tertiary/aromatic N) is 2. The van der Waals surface area contributed by atoms with E-state index in [-0.39, 0.29) is 5.91 Å². The van der Waals surface area contributed by atoms with Crippen molar-refractivity contribution in [2.75, 3.05) is 32.4 Å². The van der Waals surface area contributed by atoms with Crippen LogP contribution in [-0.2, 0) is 16.4 Å². The van der Waals surface area contributed by atoms with E-state index in [9.17, 15) is 13.2 Å². The summed E-state index contributed by atoms with van der Waals surface area (Å²) in [7, 11) is -3.18. The first-order chi connectivity index (χ1) is 9.91. The smallest absolute Gasteiger partial charge is 0.253 e. The van der Waals surface area contributed by atoms with Crippen molar-refractivity contribution in [3.63, 3.8) is 0 Å². The predicted molar refractivity (Wildman–Crippen MR) is 82.8 cm³/mol. The van der Waals surface area contributed by atoms with Crippen LogP contribution in [0.1, 0.15) is 29.3 Å². The topological polar surface area (TPSA) is 57.7 Å². The standard InChI is InChI=1S/C15H22N2O3S/c1-3-13-5-7-14(8-6-13)15(18)16-9-4-10-17(12-11-16)21(2,19)20/h5-8H,3-4,9-12H2,1-2H3. The zero-order chi connectivity index (χ0) is 15.5. The third-order valence-electron chi connectivity index (χ3n) is 3.82.